The fourth-order valence-corrected chi connectivity index (χ4v) is 4.36. The molecule has 21 heavy (non-hydrogen) atoms. The second-order valence-corrected chi connectivity index (χ2v) is 7.48. The van der Waals surface area contributed by atoms with E-state index in [1.54, 1.807) is 0 Å². The number of nitrogens with zero attached hydrogens (tertiary/aromatic N) is 2. The summed E-state index contributed by atoms with van der Waals surface area (Å²) in [4.78, 5) is 29.0. The SMILES string of the molecule is CC1(CN2CCC(=O)N3CCCCC3C2=O)CCCCC1. The topological polar surface area (TPSA) is 40.6 Å². The first-order chi connectivity index (χ1) is 10.1. The van der Waals surface area contributed by atoms with Crippen molar-refractivity contribution in [3.8, 4) is 0 Å². The van der Waals surface area contributed by atoms with Crippen LogP contribution in [0.5, 0.6) is 0 Å². The van der Waals surface area contributed by atoms with Crippen LogP contribution in [0, 0.1) is 5.41 Å². The summed E-state index contributed by atoms with van der Waals surface area (Å²) in [5.74, 6) is 0.400. The maximum atomic E-state index is 12.9. The van der Waals surface area contributed by atoms with Gasteiger partial charge in [0.1, 0.15) is 6.04 Å². The van der Waals surface area contributed by atoms with E-state index in [1.807, 2.05) is 9.80 Å². The molecule has 3 rings (SSSR count). The van der Waals surface area contributed by atoms with Crippen LogP contribution in [0.1, 0.15) is 64.7 Å². The van der Waals surface area contributed by atoms with E-state index in [2.05, 4.69) is 6.92 Å². The van der Waals surface area contributed by atoms with Crippen LogP contribution < -0.4 is 0 Å². The fourth-order valence-electron chi connectivity index (χ4n) is 4.36. The van der Waals surface area contributed by atoms with E-state index in [9.17, 15) is 9.59 Å². The van der Waals surface area contributed by atoms with Crippen LogP contribution in [0.25, 0.3) is 0 Å². The second kappa shape index (κ2) is 5.98. The third-order valence-corrected chi connectivity index (χ3v) is 5.65. The Hall–Kier alpha value is -1.06. The number of carbonyl (C=O) groups is 2. The fraction of sp³-hybridized carbons (Fsp3) is 0.882. The summed E-state index contributed by atoms with van der Waals surface area (Å²) in [7, 11) is 0. The minimum absolute atomic E-state index is 0.166. The molecule has 1 atom stereocenters. The van der Waals surface area contributed by atoms with Gasteiger partial charge in [0.2, 0.25) is 11.8 Å². The van der Waals surface area contributed by atoms with E-state index in [-0.39, 0.29) is 23.3 Å². The van der Waals surface area contributed by atoms with Crippen molar-refractivity contribution in [2.24, 2.45) is 5.41 Å². The monoisotopic (exact) mass is 292 g/mol. The molecule has 1 saturated carbocycles. The van der Waals surface area contributed by atoms with Crippen molar-refractivity contribution in [2.45, 2.75) is 70.8 Å². The maximum absolute atomic E-state index is 12.9. The molecule has 0 spiro atoms. The van der Waals surface area contributed by atoms with Crippen LogP contribution >= 0.6 is 0 Å². The Morgan fingerprint density at radius 1 is 1.05 bits per heavy atom. The molecule has 2 saturated heterocycles. The highest BCUT2D eigenvalue weighted by Crippen LogP contribution is 2.37. The van der Waals surface area contributed by atoms with Gasteiger partial charge >= 0.3 is 0 Å². The Morgan fingerprint density at radius 2 is 1.81 bits per heavy atom. The van der Waals surface area contributed by atoms with Crippen LogP contribution in [0.15, 0.2) is 0 Å². The lowest BCUT2D eigenvalue weighted by Gasteiger charge is -2.40. The number of amides is 2. The van der Waals surface area contributed by atoms with Gasteiger partial charge in [-0.15, -0.1) is 0 Å². The normalized spacial score (nSPS) is 30.0. The smallest absolute Gasteiger partial charge is 0.245 e. The molecule has 4 nitrogen and oxygen atoms in total. The van der Waals surface area contributed by atoms with Crippen molar-refractivity contribution in [2.75, 3.05) is 19.6 Å². The van der Waals surface area contributed by atoms with E-state index in [4.69, 9.17) is 0 Å². The molecule has 118 valence electrons. The summed E-state index contributed by atoms with van der Waals surface area (Å²) in [6.07, 6.45) is 9.84. The lowest BCUT2D eigenvalue weighted by Crippen LogP contribution is -2.51. The third kappa shape index (κ3) is 3.09. The molecule has 3 aliphatic rings. The number of hydrogen-bond acceptors (Lipinski definition) is 2. The Labute approximate surface area is 127 Å². The molecular weight excluding hydrogens is 264 g/mol. The molecule has 1 unspecified atom stereocenters. The van der Waals surface area contributed by atoms with Gasteiger partial charge in [-0.1, -0.05) is 26.2 Å². The van der Waals surface area contributed by atoms with Crippen LogP contribution in [-0.4, -0.2) is 47.3 Å². The van der Waals surface area contributed by atoms with Crippen molar-refractivity contribution in [1.29, 1.82) is 0 Å². The summed E-state index contributed by atoms with van der Waals surface area (Å²) < 4.78 is 0. The van der Waals surface area contributed by atoms with Crippen LogP contribution in [-0.2, 0) is 9.59 Å². The lowest BCUT2D eigenvalue weighted by molar-refractivity contribution is -0.144. The van der Waals surface area contributed by atoms with Gasteiger partial charge in [-0.25, -0.2) is 0 Å². The molecular formula is C17H28N2O2. The highest BCUT2D eigenvalue weighted by Gasteiger charge is 2.40. The predicted molar refractivity (Wildman–Crippen MR) is 81.7 cm³/mol. The molecule has 0 aromatic carbocycles. The lowest BCUT2D eigenvalue weighted by atomic mass is 9.75. The zero-order valence-electron chi connectivity index (χ0n) is 13.3. The number of hydrogen-bond donors (Lipinski definition) is 0. The first kappa shape index (κ1) is 14.9. The van der Waals surface area contributed by atoms with Gasteiger partial charge in [0.15, 0.2) is 0 Å². The van der Waals surface area contributed by atoms with Gasteiger partial charge < -0.3 is 9.80 Å². The Balaban J connectivity index is 1.73. The molecule has 0 radical (unpaired) electrons. The van der Waals surface area contributed by atoms with Crippen molar-refractivity contribution in [1.82, 2.24) is 9.80 Å². The largest absolute Gasteiger partial charge is 0.340 e. The van der Waals surface area contributed by atoms with Crippen molar-refractivity contribution in [3.05, 3.63) is 0 Å². The van der Waals surface area contributed by atoms with Crippen molar-refractivity contribution < 1.29 is 9.59 Å². The van der Waals surface area contributed by atoms with Gasteiger partial charge in [-0.3, -0.25) is 9.59 Å². The van der Waals surface area contributed by atoms with Crippen LogP contribution in [0.2, 0.25) is 0 Å². The standard InChI is InChI=1S/C17H28N2O2/c1-17(9-4-2-5-10-17)13-18-12-8-15(20)19-11-6-3-7-14(19)16(18)21/h14H,2-13H2,1H3. The van der Waals surface area contributed by atoms with E-state index in [1.165, 1.54) is 32.1 Å². The van der Waals surface area contributed by atoms with Gasteiger partial charge in [0.25, 0.3) is 0 Å². The predicted octanol–water partition coefficient (Wildman–Crippen LogP) is 2.57. The van der Waals surface area contributed by atoms with Crippen molar-refractivity contribution >= 4 is 11.8 Å². The second-order valence-electron chi connectivity index (χ2n) is 7.48. The first-order valence-electron chi connectivity index (χ1n) is 8.67. The summed E-state index contributed by atoms with van der Waals surface area (Å²) in [6, 6.07) is -0.166. The number of carbonyl (C=O) groups excluding carboxylic acids is 2. The summed E-state index contributed by atoms with van der Waals surface area (Å²) >= 11 is 0. The summed E-state index contributed by atoms with van der Waals surface area (Å²) in [5, 5.41) is 0. The molecule has 1 aliphatic carbocycles. The van der Waals surface area contributed by atoms with Crippen molar-refractivity contribution in [3.63, 3.8) is 0 Å². The maximum Gasteiger partial charge on any atom is 0.245 e. The van der Waals surface area contributed by atoms with E-state index >= 15 is 0 Å². The molecule has 2 heterocycles. The minimum Gasteiger partial charge on any atom is -0.340 e. The van der Waals surface area contributed by atoms with Crippen LogP contribution in [0.4, 0.5) is 0 Å². The molecule has 0 aromatic rings. The minimum atomic E-state index is -0.166. The number of fused-ring (bicyclic) bond motifs is 1. The molecule has 2 aliphatic heterocycles. The first-order valence-corrected chi connectivity index (χ1v) is 8.67. The van der Waals surface area contributed by atoms with Gasteiger partial charge in [-0.05, 0) is 37.5 Å². The highest BCUT2D eigenvalue weighted by atomic mass is 16.2. The van der Waals surface area contributed by atoms with Crippen LogP contribution in [0.3, 0.4) is 0 Å². The Bertz CT molecular complexity index is 415. The average molecular weight is 292 g/mol. The Morgan fingerprint density at radius 3 is 2.57 bits per heavy atom. The average Bonchev–Trinajstić information content (AvgIpc) is 2.61. The molecule has 0 bridgehead atoms. The van der Waals surface area contributed by atoms with E-state index in [0.717, 1.165) is 32.4 Å². The zero-order chi connectivity index (χ0) is 14.9. The summed E-state index contributed by atoms with van der Waals surface area (Å²) in [6.45, 7) is 4.58. The number of rotatable bonds is 2. The molecule has 4 heteroatoms. The summed E-state index contributed by atoms with van der Waals surface area (Å²) in [5.41, 5.74) is 0.265. The quantitative estimate of drug-likeness (QED) is 0.785. The van der Waals surface area contributed by atoms with Gasteiger partial charge in [-0.2, -0.15) is 0 Å². The van der Waals surface area contributed by atoms with E-state index < -0.39 is 0 Å². The highest BCUT2D eigenvalue weighted by molar-refractivity contribution is 5.90. The molecule has 0 N–H and O–H groups in total. The van der Waals surface area contributed by atoms with E-state index in [0.29, 0.717) is 13.0 Å². The Kier molecular flexibility index (Phi) is 4.23. The number of piperidine rings is 1. The molecule has 0 aromatic heterocycles. The third-order valence-electron chi connectivity index (χ3n) is 5.65. The van der Waals surface area contributed by atoms with Gasteiger partial charge in [0, 0.05) is 26.1 Å². The van der Waals surface area contributed by atoms with Gasteiger partial charge in [0.05, 0.1) is 0 Å². The molecule has 3 fully saturated rings. The molecule has 2 amide bonds. The zero-order valence-corrected chi connectivity index (χ0v) is 13.3.